The molecule has 3 aromatic rings. The third kappa shape index (κ3) is 5.32. The molecule has 0 unspecified atom stereocenters. The number of pyridine rings is 2. The number of nitrogens with zero attached hydrogens (tertiary/aromatic N) is 2. The Bertz CT molecular complexity index is 1210. The molecule has 0 aliphatic rings. The summed E-state index contributed by atoms with van der Waals surface area (Å²) in [5, 5.41) is 5.48. The van der Waals surface area contributed by atoms with Crippen LogP contribution in [0.4, 0.5) is 33.9 Å². The Labute approximate surface area is 188 Å². The van der Waals surface area contributed by atoms with Crippen molar-refractivity contribution in [1.82, 2.24) is 15.3 Å². The molecule has 0 saturated heterocycles. The van der Waals surface area contributed by atoms with Gasteiger partial charge >= 0.3 is 12.2 Å². The number of anilines is 2. The minimum absolute atomic E-state index is 0.0990. The summed E-state index contributed by atoms with van der Waals surface area (Å²) < 4.78 is 53.4. The number of amides is 2. The van der Waals surface area contributed by atoms with Crippen molar-refractivity contribution in [3.63, 3.8) is 0 Å². The maximum atomic E-state index is 14.5. The smallest absolute Gasteiger partial charge is 0.384 e. The molecule has 0 saturated carbocycles. The molecule has 0 radical (unpaired) electrons. The summed E-state index contributed by atoms with van der Waals surface area (Å²) in [7, 11) is 0. The number of alkyl halides is 3. The van der Waals surface area contributed by atoms with Gasteiger partial charge in [0, 0.05) is 35.5 Å². The summed E-state index contributed by atoms with van der Waals surface area (Å²) in [5.41, 5.74) is 7.00. The lowest BCUT2D eigenvalue weighted by Gasteiger charge is -2.27. The average molecular weight is 463 g/mol. The summed E-state index contributed by atoms with van der Waals surface area (Å²) in [6.45, 7) is 5.43. The monoisotopic (exact) mass is 463 g/mol. The van der Waals surface area contributed by atoms with Gasteiger partial charge < -0.3 is 16.4 Å². The van der Waals surface area contributed by atoms with Gasteiger partial charge in [0.05, 0.1) is 16.6 Å². The van der Waals surface area contributed by atoms with Crippen molar-refractivity contribution in [2.45, 2.75) is 40.3 Å². The fraction of sp³-hybridized carbons (Fsp3) is 0.348. The Morgan fingerprint density at radius 2 is 1.79 bits per heavy atom. The number of urea groups is 1. The van der Waals surface area contributed by atoms with Crippen molar-refractivity contribution in [3.8, 4) is 11.1 Å². The van der Waals surface area contributed by atoms with Gasteiger partial charge in [-0.25, -0.2) is 14.2 Å². The topological polar surface area (TPSA) is 92.9 Å². The minimum atomic E-state index is -4.39. The van der Waals surface area contributed by atoms with Gasteiger partial charge in [-0.2, -0.15) is 13.2 Å². The molecule has 2 aromatic heterocycles. The molecule has 2 amide bonds. The second kappa shape index (κ2) is 8.84. The number of rotatable bonds is 5. The van der Waals surface area contributed by atoms with Crippen molar-refractivity contribution in [2.75, 3.05) is 17.6 Å². The van der Waals surface area contributed by atoms with Gasteiger partial charge in [0.25, 0.3) is 0 Å². The summed E-state index contributed by atoms with van der Waals surface area (Å²) in [6.07, 6.45) is -3.11. The molecule has 0 atom stereocenters. The van der Waals surface area contributed by atoms with E-state index in [1.54, 1.807) is 26.1 Å². The standard InChI is InChI=1S/C23H25F4N5O/c1-12-7-17(24)19(32-21(33)29-6-5-22(3,4)23(25,26)27)9-15(12)16-8-14-11-30-20(28)10-18(14)31-13(16)2/h7-11H,5-6H2,1-4H3,(H2,28,30)(H2,29,32,33). The highest BCUT2D eigenvalue weighted by Crippen LogP contribution is 2.40. The van der Waals surface area contributed by atoms with Crippen LogP contribution >= 0.6 is 0 Å². The lowest BCUT2D eigenvalue weighted by atomic mass is 9.89. The number of aromatic nitrogens is 2. The first kappa shape index (κ1) is 24.2. The number of hydrogen-bond donors (Lipinski definition) is 3. The molecule has 33 heavy (non-hydrogen) atoms. The zero-order valence-corrected chi connectivity index (χ0v) is 18.7. The van der Waals surface area contributed by atoms with E-state index in [9.17, 15) is 22.4 Å². The maximum absolute atomic E-state index is 14.5. The maximum Gasteiger partial charge on any atom is 0.394 e. The van der Waals surface area contributed by atoms with E-state index >= 15 is 0 Å². The zero-order valence-electron chi connectivity index (χ0n) is 18.7. The Morgan fingerprint density at radius 1 is 1.09 bits per heavy atom. The van der Waals surface area contributed by atoms with Crippen LogP contribution < -0.4 is 16.4 Å². The van der Waals surface area contributed by atoms with Crippen molar-refractivity contribution in [3.05, 3.63) is 47.5 Å². The van der Waals surface area contributed by atoms with E-state index in [0.29, 0.717) is 28.2 Å². The predicted octanol–water partition coefficient (Wildman–Crippen LogP) is 5.74. The minimum Gasteiger partial charge on any atom is -0.384 e. The van der Waals surface area contributed by atoms with Crippen LogP contribution in [0.5, 0.6) is 0 Å². The normalized spacial score (nSPS) is 12.1. The number of nitrogens with two attached hydrogens (primary N) is 1. The van der Waals surface area contributed by atoms with Gasteiger partial charge in [-0.15, -0.1) is 0 Å². The van der Waals surface area contributed by atoms with Crippen molar-refractivity contribution < 1.29 is 22.4 Å². The fourth-order valence-electron chi connectivity index (χ4n) is 3.31. The van der Waals surface area contributed by atoms with E-state index in [4.69, 9.17) is 5.73 Å². The predicted molar refractivity (Wildman–Crippen MR) is 120 cm³/mol. The first-order valence-electron chi connectivity index (χ1n) is 10.2. The Morgan fingerprint density at radius 3 is 2.45 bits per heavy atom. The molecule has 0 aliphatic heterocycles. The fourth-order valence-corrected chi connectivity index (χ4v) is 3.31. The molecule has 0 fully saturated rings. The van der Waals surface area contributed by atoms with Crippen LogP contribution in [-0.2, 0) is 0 Å². The SMILES string of the molecule is Cc1cc(F)c(NC(=O)NCCC(C)(C)C(F)(F)F)cc1-c1cc2cnc(N)cc2nc1C. The second-order valence-electron chi connectivity index (χ2n) is 8.58. The number of aryl methyl sites for hydroxylation is 2. The molecule has 0 bridgehead atoms. The van der Waals surface area contributed by atoms with E-state index in [2.05, 4.69) is 20.6 Å². The van der Waals surface area contributed by atoms with Gasteiger partial charge in [-0.3, -0.25) is 4.98 Å². The van der Waals surface area contributed by atoms with Gasteiger partial charge in [0.1, 0.15) is 11.6 Å². The first-order chi connectivity index (χ1) is 15.3. The quantitative estimate of drug-likeness (QED) is 0.421. The number of nitrogen functional groups attached to an aromatic ring is 1. The summed E-state index contributed by atoms with van der Waals surface area (Å²) in [6, 6.07) is 5.47. The molecular weight excluding hydrogens is 438 g/mol. The van der Waals surface area contributed by atoms with E-state index in [1.807, 2.05) is 6.07 Å². The second-order valence-corrected chi connectivity index (χ2v) is 8.58. The zero-order chi connectivity index (χ0) is 24.6. The molecular formula is C23H25F4N5O. The highest BCUT2D eigenvalue weighted by molar-refractivity contribution is 5.92. The van der Waals surface area contributed by atoms with Crippen LogP contribution in [0, 0.1) is 25.1 Å². The van der Waals surface area contributed by atoms with Crippen molar-refractivity contribution >= 4 is 28.4 Å². The lowest BCUT2D eigenvalue weighted by molar-refractivity contribution is -0.213. The van der Waals surface area contributed by atoms with Gasteiger partial charge in [0.2, 0.25) is 0 Å². The highest BCUT2D eigenvalue weighted by Gasteiger charge is 2.46. The van der Waals surface area contributed by atoms with Gasteiger partial charge in [-0.1, -0.05) is 13.8 Å². The summed E-state index contributed by atoms with van der Waals surface area (Å²) in [5.74, 6) is -0.320. The van der Waals surface area contributed by atoms with Crippen LogP contribution in [0.25, 0.3) is 22.0 Å². The number of hydrogen-bond acceptors (Lipinski definition) is 4. The molecule has 1 aromatic carbocycles. The number of halogens is 4. The molecule has 10 heteroatoms. The molecule has 2 heterocycles. The summed E-state index contributed by atoms with van der Waals surface area (Å²) >= 11 is 0. The Kier molecular flexibility index (Phi) is 6.49. The van der Waals surface area contributed by atoms with Crippen LogP contribution in [0.2, 0.25) is 0 Å². The molecule has 176 valence electrons. The van der Waals surface area contributed by atoms with Gasteiger partial charge in [0.15, 0.2) is 0 Å². The third-order valence-electron chi connectivity index (χ3n) is 5.57. The molecule has 3 rings (SSSR count). The molecule has 0 aliphatic carbocycles. The first-order valence-corrected chi connectivity index (χ1v) is 10.2. The molecule has 0 spiro atoms. The molecule has 4 N–H and O–H groups in total. The number of carbonyl (C=O) groups is 1. The van der Waals surface area contributed by atoms with Crippen molar-refractivity contribution in [1.29, 1.82) is 0 Å². The van der Waals surface area contributed by atoms with Crippen LogP contribution in [0.15, 0.2) is 30.5 Å². The Balaban J connectivity index is 1.82. The third-order valence-corrected chi connectivity index (χ3v) is 5.57. The van der Waals surface area contributed by atoms with E-state index < -0.39 is 23.4 Å². The van der Waals surface area contributed by atoms with Crippen molar-refractivity contribution in [2.24, 2.45) is 5.41 Å². The summed E-state index contributed by atoms with van der Waals surface area (Å²) in [4.78, 5) is 20.8. The Hall–Kier alpha value is -3.43. The van der Waals surface area contributed by atoms with E-state index in [-0.39, 0.29) is 18.7 Å². The molecule has 6 nitrogen and oxygen atoms in total. The number of carbonyl (C=O) groups excluding carboxylic acids is 1. The lowest BCUT2D eigenvalue weighted by Crippen LogP contribution is -2.37. The number of benzene rings is 1. The van der Waals surface area contributed by atoms with E-state index in [0.717, 1.165) is 24.8 Å². The van der Waals surface area contributed by atoms with Crippen LogP contribution in [0.1, 0.15) is 31.5 Å². The van der Waals surface area contributed by atoms with Gasteiger partial charge in [-0.05, 0) is 49.6 Å². The average Bonchev–Trinajstić information content (AvgIpc) is 2.68. The highest BCUT2D eigenvalue weighted by atomic mass is 19.4. The number of nitrogens with one attached hydrogen (secondary N) is 2. The van der Waals surface area contributed by atoms with Crippen LogP contribution in [-0.4, -0.2) is 28.7 Å². The van der Waals surface area contributed by atoms with E-state index in [1.165, 1.54) is 12.1 Å². The largest absolute Gasteiger partial charge is 0.394 e. The number of fused-ring (bicyclic) bond motifs is 1. The van der Waals surface area contributed by atoms with Crippen LogP contribution in [0.3, 0.4) is 0 Å².